The second-order valence-electron chi connectivity index (χ2n) is 3.20. The molecule has 0 saturated carbocycles. The summed E-state index contributed by atoms with van der Waals surface area (Å²) >= 11 is 5.83. The van der Waals surface area contributed by atoms with E-state index >= 15 is 0 Å². The number of Topliss-reactive ketones (excluding diaryl/α,β-unsaturated/α-hetero) is 1. The van der Waals surface area contributed by atoms with Crippen LogP contribution in [0.5, 0.6) is 0 Å². The first kappa shape index (κ1) is 10.7. The van der Waals surface area contributed by atoms with E-state index in [0.29, 0.717) is 5.52 Å². The maximum atomic E-state index is 11.2. The second-order valence-corrected chi connectivity index (χ2v) is 3.56. The summed E-state index contributed by atoms with van der Waals surface area (Å²) in [5.74, 6) is -0.604. The van der Waals surface area contributed by atoms with Crippen LogP contribution in [0.25, 0.3) is 11.2 Å². The van der Waals surface area contributed by atoms with Gasteiger partial charge in [0, 0.05) is 13.8 Å². The average Bonchev–Trinajstić information content (AvgIpc) is 2.61. The van der Waals surface area contributed by atoms with E-state index in [1.807, 2.05) is 0 Å². The van der Waals surface area contributed by atoms with Crippen molar-refractivity contribution < 1.29 is 9.59 Å². The van der Waals surface area contributed by atoms with Crippen molar-refractivity contribution in [3.8, 4) is 0 Å². The van der Waals surface area contributed by atoms with Crippen molar-refractivity contribution in [1.82, 2.24) is 19.5 Å². The van der Waals surface area contributed by atoms with Gasteiger partial charge in [-0.3, -0.25) is 14.2 Å². The van der Waals surface area contributed by atoms with Gasteiger partial charge in [-0.2, -0.15) is 0 Å². The molecule has 7 heteroatoms. The molecule has 0 N–H and O–H groups in total. The summed E-state index contributed by atoms with van der Waals surface area (Å²) in [4.78, 5) is 34.0. The molecule has 2 aromatic rings. The van der Waals surface area contributed by atoms with E-state index in [9.17, 15) is 9.59 Å². The van der Waals surface area contributed by atoms with Crippen LogP contribution in [-0.4, -0.2) is 31.2 Å². The Bertz CT molecular complexity index is 605. The average molecular weight is 239 g/mol. The SMILES string of the molecule is CC(=O)c1nc(Cl)c2ncn(C(C)=O)c2n1. The van der Waals surface area contributed by atoms with E-state index in [0.717, 1.165) is 0 Å². The number of aromatic nitrogens is 4. The minimum atomic E-state index is -0.319. The zero-order valence-corrected chi connectivity index (χ0v) is 9.32. The van der Waals surface area contributed by atoms with Gasteiger partial charge in [0.25, 0.3) is 0 Å². The van der Waals surface area contributed by atoms with Gasteiger partial charge < -0.3 is 0 Å². The van der Waals surface area contributed by atoms with Crippen LogP contribution >= 0.6 is 11.6 Å². The van der Waals surface area contributed by atoms with E-state index in [2.05, 4.69) is 15.0 Å². The predicted molar refractivity (Wildman–Crippen MR) is 56.6 cm³/mol. The van der Waals surface area contributed by atoms with Gasteiger partial charge in [0.2, 0.25) is 5.91 Å². The number of fused-ring (bicyclic) bond motifs is 1. The molecular weight excluding hydrogens is 232 g/mol. The predicted octanol–water partition coefficient (Wildman–Crippen LogP) is 1.34. The number of halogens is 1. The Balaban J connectivity index is 2.81. The van der Waals surface area contributed by atoms with Gasteiger partial charge in [0.15, 0.2) is 22.4 Å². The summed E-state index contributed by atoms with van der Waals surface area (Å²) < 4.78 is 1.22. The Morgan fingerprint density at radius 3 is 2.56 bits per heavy atom. The van der Waals surface area contributed by atoms with Crippen molar-refractivity contribution in [2.45, 2.75) is 13.8 Å². The maximum Gasteiger partial charge on any atom is 0.230 e. The molecule has 6 nitrogen and oxygen atoms in total. The summed E-state index contributed by atoms with van der Waals surface area (Å²) in [6, 6.07) is 0. The second kappa shape index (κ2) is 3.64. The van der Waals surface area contributed by atoms with Crippen LogP contribution in [0.2, 0.25) is 5.15 Å². The summed E-state index contributed by atoms with van der Waals surface area (Å²) in [5, 5.41) is 0.0650. The van der Waals surface area contributed by atoms with E-state index in [1.165, 1.54) is 24.7 Å². The third-order valence-electron chi connectivity index (χ3n) is 2.01. The largest absolute Gasteiger partial charge is 0.291 e. The Morgan fingerprint density at radius 2 is 2.00 bits per heavy atom. The summed E-state index contributed by atoms with van der Waals surface area (Å²) in [6.07, 6.45) is 1.30. The third-order valence-corrected chi connectivity index (χ3v) is 2.27. The van der Waals surface area contributed by atoms with Crippen LogP contribution in [0.15, 0.2) is 6.33 Å². The van der Waals surface area contributed by atoms with Crippen LogP contribution in [0.1, 0.15) is 29.3 Å². The lowest BCUT2D eigenvalue weighted by Crippen LogP contribution is -2.08. The van der Waals surface area contributed by atoms with Gasteiger partial charge in [-0.15, -0.1) is 0 Å². The van der Waals surface area contributed by atoms with E-state index < -0.39 is 0 Å². The molecule has 0 atom stereocenters. The number of rotatable bonds is 1. The fraction of sp³-hybridized carbons (Fsp3) is 0.222. The monoisotopic (exact) mass is 238 g/mol. The number of nitrogens with zero attached hydrogens (tertiary/aromatic N) is 4. The van der Waals surface area contributed by atoms with Gasteiger partial charge in [-0.05, 0) is 0 Å². The normalized spacial score (nSPS) is 10.7. The van der Waals surface area contributed by atoms with E-state index in [-0.39, 0.29) is 28.3 Å². The quantitative estimate of drug-likeness (QED) is 0.553. The van der Waals surface area contributed by atoms with Crippen LogP contribution < -0.4 is 0 Å². The molecule has 0 unspecified atom stereocenters. The highest BCUT2D eigenvalue weighted by Crippen LogP contribution is 2.18. The molecule has 0 bridgehead atoms. The van der Waals surface area contributed by atoms with Crippen molar-refractivity contribution in [1.29, 1.82) is 0 Å². The molecule has 0 aliphatic rings. The Labute approximate surface area is 95.3 Å². The lowest BCUT2D eigenvalue weighted by Gasteiger charge is -1.99. The van der Waals surface area contributed by atoms with Crippen LogP contribution in [0.3, 0.4) is 0 Å². The highest BCUT2D eigenvalue weighted by atomic mass is 35.5. The maximum absolute atomic E-state index is 11.2. The summed E-state index contributed by atoms with van der Waals surface area (Å²) in [5.41, 5.74) is 0.555. The molecule has 0 aromatic carbocycles. The number of hydrogen-bond donors (Lipinski definition) is 0. The standard InChI is InChI=1S/C9H7ClN4O2/c1-4(15)8-12-7(10)6-9(13-8)14(3-11-6)5(2)16/h3H,1-2H3. The van der Waals surface area contributed by atoms with Crippen LogP contribution in [0.4, 0.5) is 0 Å². The fourth-order valence-corrected chi connectivity index (χ4v) is 1.47. The van der Waals surface area contributed by atoms with Gasteiger partial charge >= 0.3 is 0 Å². The first-order valence-electron chi connectivity index (χ1n) is 4.43. The minimum absolute atomic E-state index is 0.0273. The van der Waals surface area contributed by atoms with Crippen molar-refractivity contribution in [2.24, 2.45) is 0 Å². The highest BCUT2D eigenvalue weighted by Gasteiger charge is 2.15. The van der Waals surface area contributed by atoms with Gasteiger partial charge in [-0.25, -0.2) is 15.0 Å². The Morgan fingerprint density at radius 1 is 1.31 bits per heavy atom. The number of hydrogen-bond acceptors (Lipinski definition) is 5. The van der Waals surface area contributed by atoms with Crippen LogP contribution in [-0.2, 0) is 0 Å². The molecule has 0 aliphatic heterocycles. The Kier molecular flexibility index (Phi) is 2.43. The first-order valence-corrected chi connectivity index (χ1v) is 4.81. The molecule has 2 heterocycles. The number of carbonyl (C=O) groups is 2. The molecular formula is C9H7ClN4O2. The Hall–Kier alpha value is -1.82. The summed E-state index contributed by atoms with van der Waals surface area (Å²) in [6.45, 7) is 2.69. The van der Waals surface area contributed by atoms with Crippen molar-refractivity contribution in [3.05, 3.63) is 17.3 Å². The number of ketones is 1. The van der Waals surface area contributed by atoms with Crippen LogP contribution in [0, 0.1) is 0 Å². The topological polar surface area (TPSA) is 77.7 Å². The summed E-state index contributed by atoms with van der Waals surface area (Å²) in [7, 11) is 0. The lowest BCUT2D eigenvalue weighted by molar-refractivity contribution is 0.0938. The van der Waals surface area contributed by atoms with Crippen molar-refractivity contribution >= 4 is 34.5 Å². The van der Waals surface area contributed by atoms with Crippen molar-refractivity contribution in [2.75, 3.05) is 0 Å². The molecule has 0 fully saturated rings. The molecule has 0 aliphatic carbocycles. The molecule has 2 rings (SSSR count). The molecule has 16 heavy (non-hydrogen) atoms. The molecule has 82 valence electrons. The van der Waals surface area contributed by atoms with Gasteiger partial charge in [0.1, 0.15) is 11.8 Å². The smallest absolute Gasteiger partial charge is 0.230 e. The zero-order chi connectivity index (χ0) is 11.9. The number of imidazole rings is 1. The zero-order valence-electron chi connectivity index (χ0n) is 8.56. The third kappa shape index (κ3) is 1.57. The minimum Gasteiger partial charge on any atom is -0.291 e. The fourth-order valence-electron chi connectivity index (χ4n) is 1.25. The van der Waals surface area contributed by atoms with Gasteiger partial charge in [0.05, 0.1) is 0 Å². The molecule has 0 radical (unpaired) electrons. The van der Waals surface area contributed by atoms with E-state index in [4.69, 9.17) is 11.6 Å². The molecule has 0 amide bonds. The number of carbonyl (C=O) groups excluding carboxylic acids is 2. The molecule has 0 saturated heterocycles. The van der Waals surface area contributed by atoms with Gasteiger partial charge in [-0.1, -0.05) is 11.6 Å². The highest BCUT2D eigenvalue weighted by molar-refractivity contribution is 6.33. The van der Waals surface area contributed by atoms with Crippen molar-refractivity contribution in [3.63, 3.8) is 0 Å². The molecule has 0 spiro atoms. The van der Waals surface area contributed by atoms with E-state index in [1.54, 1.807) is 0 Å². The first-order chi connectivity index (χ1) is 7.50. The molecule has 2 aromatic heterocycles. The lowest BCUT2D eigenvalue weighted by atomic mass is 10.4.